The molecule has 0 saturated heterocycles. The minimum absolute atomic E-state index is 0.935. The van der Waals surface area contributed by atoms with Gasteiger partial charge < -0.3 is 0 Å². The Balaban J connectivity index is 0.922. The molecule has 4 aromatic heterocycles. The minimum Gasteiger partial charge on any atom is -0.254 e. The molecule has 0 saturated carbocycles. The second-order valence-corrected chi connectivity index (χ2v) is 16.9. The van der Waals surface area contributed by atoms with Crippen molar-refractivity contribution in [1.29, 1.82) is 0 Å². The van der Waals surface area contributed by atoms with Crippen molar-refractivity contribution in [3.8, 4) is 22.5 Å². The molecule has 282 valence electrons. The first-order chi connectivity index (χ1) is 30.7. The number of hydrogen-bond acceptors (Lipinski definition) is 4. The lowest BCUT2D eigenvalue weighted by molar-refractivity contribution is 1.37. The molecule has 4 heterocycles. The number of rotatable bonds is 2. The van der Waals surface area contributed by atoms with E-state index in [2.05, 4.69) is 158 Å². The number of benzene rings is 9. The Morgan fingerprint density at radius 2 is 0.677 bits per heavy atom. The fraction of sp³-hybridized carbons (Fsp3) is 0. The molecule has 62 heavy (non-hydrogen) atoms. The van der Waals surface area contributed by atoms with Crippen molar-refractivity contribution in [3.05, 3.63) is 182 Å². The number of nitrogens with zero attached hydrogens (tertiary/aromatic N) is 4. The van der Waals surface area contributed by atoms with Crippen LogP contribution in [0.25, 0.3) is 152 Å². The van der Waals surface area contributed by atoms with Crippen LogP contribution in [0.3, 0.4) is 0 Å². The number of hydrogen-bond donors (Lipinski definition) is 0. The third kappa shape index (κ3) is 4.30. The van der Waals surface area contributed by atoms with Crippen LogP contribution in [0.1, 0.15) is 0 Å². The van der Waals surface area contributed by atoms with E-state index < -0.39 is 0 Å². The summed E-state index contributed by atoms with van der Waals surface area (Å²) in [6.45, 7) is 0. The van der Waals surface area contributed by atoms with E-state index in [1.165, 1.54) is 86.2 Å². The predicted molar refractivity (Wildman–Crippen MR) is 261 cm³/mol. The first-order valence-electron chi connectivity index (χ1n) is 21.2. The molecule has 0 fully saturated rings. The van der Waals surface area contributed by atoms with Gasteiger partial charge in [0.05, 0.1) is 33.5 Å². The van der Waals surface area contributed by atoms with Crippen molar-refractivity contribution >= 4 is 130 Å². The van der Waals surface area contributed by atoms with Gasteiger partial charge in [0.25, 0.3) is 0 Å². The van der Waals surface area contributed by atoms with Crippen molar-refractivity contribution in [3.63, 3.8) is 0 Å². The predicted octanol–water partition coefficient (Wildman–Crippen LogP) is 15.3. The van der Waals surface area contributed by atoms with Crippen LogP contribution in [0.2, 0.25) is 0 Å². The molecule has 4 heteroatoms. The molecule has 0 unspecified atom stereocenters. The van der Waals surface area contributed by atoms with Gasteiger partial charge in [0.15, 0.2) is 0 Å². The summed E-state index contributed by atoms with van der Waals surface area (Å²) < 4.78 is 0. The Kier molecular flexibility index (Phi) is 6.13. The van der Waals surface area contributed by atoms with Crippen LogP contribution in [0, 0.1) is 0 Å². The van der Waals surface area contributed by atoms with Crippen LogP contribution in [0.5, 0.6) is 0 Å². The number of aromatic nitrogens is 4. The van der Waals surface area contributed by atoms with Crippen LogP contribution < -0.4 is 0 Å². The van der Waals surface area contributed by atoms with Gasteiger partial charge in [0.1, 0.15) is 0 Å². The average Bonchev–Trinajstić information content (AvgIpc) is 3.82. The summed E-state index contributed by atoms with van der Waals surface area (Å²) in [6, 6.07) is 62.4. The van der Waals surface area contributed by atoms with Gasteiger partial charge >= 0.3 is 0 Å². The van der Waals surface area contributed by atoms with Gasteiger partial charge in [0.2, 0.25) is 0 Å². The fourth-order valence-electron chi connectivity index (χ4n) is 10.9. The van der Waals surface area contributed by atoms with Gasteiger partial charge in [-0.3, -0.25) is 9.97 Å². The summed E-state index contributed by atoms with van der Waals surface area (Å²) in [5, 5.41) is 25.0. The summed E-state index contributed by atoms with van der Waals surface area (Å²) >= 11 is 0. The zero-order valence-corrected chi connectivity index (χ0v) is 33.1. The zero-order chi connectivity index (χ0) is 40.2. The van der Waals surface area contributed by atoms with Crippen LogP contribution in [0.4, 0.5) is 0 Å². The van der Waals surface area contributed by atoms with Crippen molar-refractivity contribution in [2.24, 2.45) is 0 Å². The highest BCUT2D eigenvalue weighted by Gasteiger charge is 2.20. The third-order valence-electron chi connectivity index (χ3n) is 13.7. The summed E-state index contributed by atoms with van der Waals surface area (Å²) in [5.41, 5.74) is 7.86. The van der Waals surface area contributed by atoms with E-state index in [1.807, 2.05) is 24.5 Å². The van der Waals surface area contributed by atoms with Crippen LogP contribution >= 0.6 is 0 Å². The Morgan fingerprint density at radius 3 is 1.27 bits per heavy atom. The molecule has 0 aliphatic heterocycles. The maximum absolute atomic E-state index is 5.21. The Labute approximate surface area is 353 Å². The summed E-state index contributed by atoms with van der Waals surface area (Å²) in [5.74, 6) is 0. The first-order valence-corrected chi connectivity index (χ1v) is 21.2. The monoisotopic (exact) mass is 782 g/mol. The minimum atomic E-state index is 0.935. The molecule has 0 amide bonds. The van der Waals surface area contributed by atoms with E-state index in [9.17, 15) is 0 Å². The second kappa shape index (κ2) is 11.7. The van der Waals surface area contributed by atoms with Crippen LogP contribution in [-0.2, 0) is 0 Å². The summed E-state index contributed by atoms with van der Waals surface area (Å²) in [6.07, 6.45) is 3.70. The van der Waals surface area contributed by atoms with E-state index in [0.717, 1.165) is 66.1 Å². The molecular weight excluding hydrogens is 753 g/mol. The van der Waals surface area contributed by atoms with E-state index in [4.69, 9.17) is 19.9 Å². The largest absolute Gasteiger partial charge is 0.254 e. The second-order valence-electron chi connectivity index (χ2n) is 16.9. The normalized spacial score (nSPS) is 12.5. The van der Waals surface area contributed by atoms with Crippen molar-refractivity contribution in [2.75, 3.05) is 0 Å². The SMILES string of the molecule is c1cnc2c(c1)ccc1ccc(-c3ccc4cc5c(cc4c3)c3cccc4c6cc7c8ccc(-c9ccc%10ccc%11cccnc%11c%10n9)cc8c8cccc(c6cc5c34)c87)nc12. The highest BCUT2D eigenvalue weighted by Crippen LogP contribution is 2.48. The van der Waals surface area contributed by atoms with Crippen molar-refractivity contribution in [1.82, 2.24) is 19.9 Å². The lowest BCUT2D eigenvalue weighted by atomic mass is 9.93. The lowest BCUT2D eigenvalue weighted by Gasteiger charge is -2.10. The Hall–Kier alpha value is -8.34. The molecule has 0 N–H and O–H groups in total. The van der Waals surface area contributed by atoms with Gasteiger partial charge in [-0.25, -0.2) is 9.97 Å². The average molecular weight is 783 g/mol. The zero-order valence-electron chi connectivity index (χ0n) is 33.1. The van der Waals surface area contributed by atoms with Crippen molar-refractivity contribution in [2.45, 2.75) is 0 Å². The van der Waals surface area contributed by atoms with E-state index in [1.54, 1.807) is 0 Å². The van der Waals surface area contributed by atoms with E-state index in [0.29, 0.717) is 0 Å². The van der Waals surface area contributed by atoms with Crippen molar-refractivity contribution < 1.29 is 0 Å². The maximum Gasteiger partial charge on any atom is 0.0972 e. The molecule has 0 radical (unpaired) electrons. The van der Waals surface area contributed by atoms with Gasteiger partial charge in [-0.15, -0.1) is 0 Å². The molecule has 0 aliphatic carbocycles. The topological polar surface area (TPSA) is 51.6 Å². The maximum atomic E-state index is 5.21. The van der Waals surface area contributed by atoms with E-state index >= 15 is 0 Å². The molecule has 0 aliphatic rings. The quantitative estimate of drug-likeness (QED) is 0.164. The molecule has 0 atom stereocenters. The van der Waals surface area contributed by atoms with Gasteiger partial charge in [-0.05, 0) is 147 Å². The van der Waals surface area contributed by atoms with Crippen LogP contribution in [-0.4, -0.2) is 19.9 Å². The molecular formula is C58H30N4. The number of pyridine rings is 4. The van der Waals surface area contributed by atoms with Gasteiger partial charge in [0, 0.05) is 45.1 Å². The molecule has 4 nitrogen and oxygen atoms in total. The summed E-state index contributed by atoms with van der Waals surface area (Å²) in [4.78, 5) is 19.8. The smallest absolute Gasteiger partial charge is 0.0972 e. The van der Waals surface area contributed by atoms with Crippen LogP contribution in [0.15, 0.2) is 182 Å². The molecule has 0 spiro atoms. The number of fused-ring (bicyclic) bond motifs is 16. The molecule has 15 aromatic rings. The Morgan fingerprint density at radius 1 is 0.242 bits per heavy atom. The van der Waals surface area contributed by atoms with Gasteiger partial charge in [-0.1, -0.05) is 109 Å². The highest BCUT2D eigenvalue weighted by molar-refractivity contribution is 6.41. The molecule has 0 bridgehead atoms. The molecule has 11 aromatic carbocycles. The summed E-state index contributed by atoms with van der Waals surface area (Å²) in [7, 11) is 0. The fourth-order valence-corrected chi connectivity index (χ4v) is 10.9. The Bertz CT molecular complexity index is 4460. The first kappa shape index (κ1) is 32.5. The van der Waals surface area contributed by atoms with Gasteiger partial charge in [-0.2, -0.15) is 0 Å². The third-order valence-corrected chi connectivity index (χ3v) is 13.7. The molecule has 15 rings (SSSR count). The van der Waals surface area contributed by atoms with E-state index in [-0.39, 0.29) is 0 Å². The standard InChI is InChI=1S/C58H30N4/c1-7-40-44-27-37(52-22-19-34-14-12-32-6-4-24-60-56(32)58(34)62-52)17-20-39(44)49-29-47-43-10-2-8-41-45-28-38-25-36(51-21-18-33-13-11-31-5-3-23-59-55(31)57(33)61-51)16-15-35(38)26-46(45)50(54(41)43)30-48(47)42(9-1)53(40)49/h1-30H. The highest BCUT2D eigenvalue weighted by atomic mass is 14.8. The lowest BCUT2D eigenvalue weighted by Crippen LogP contribution is -1.88.